The molecule has 0 atom stereocenters. The molecule has 2 heteroatoms. The van der Waals surface area contributed by atoms with Crippen LogP contribution in [0.5, 0.6) is 0 Å². The van der Waals surface area contributed by atoms with Gasteiger partial charge in [0.25, 0.3) is 0 Å². The Morgan fingerprint density at radius 2 is 2.38 bits per heavy atom. The lowest BCUT2D eigenvalue weighted by molar-refractivity contribution is 0.370. The summed E-state index contributed by atoms with van der Waals surface area (Å²) in [7, 11) is 1.63. The van der Waals surface area contributed by atoms with E-state index < -0.39 is 0 Å². The summed E-state index contributed by atoms with van der Waals surface area (Å²) in [5.41, 5.74) is 0. The topological polar surface area (TPSA) is 22.1 Å². The lowest BCUT2D eigenvalue weighted by Gasteiger charge is -1.98. The summed E-state index contributed by atoms with van der Waals surface area (Å²) in [6.07, 6.45) is 5.39. The van der Waals surface area contributed by atoms with Gasteiger partial charge >= 0.3 is 0 Å². The van der Waals surface area contributed by atoms with Gasteiger partial charge in [-0.15, -0.1) is 0 Å². The van der Waals surface area contributed by atoms with Gasteiger partial charge in [-0.3, -0.25) is 4.98 Å². The second kappa shape index (κ2) is 4.45. The fourth-order valence-electron chi connectivity index (χ4n) is 1.16. The van der Waals surface area contributed by atoms with Crippen molar-refractivity contribution in [2.75, 3.05) is 7.11 Å². The average Bonchev–Trinajstić information content (AvgIpc) is 2.20. The maximum absolute atomic E-state index is 5.17. The summed E-state index contributed by atoms with van der Waals surface area (Å²) in [4.78, 5) is 4.21. The van der Waals surface area contributed by atoms with E-state index in [4.69, 9.17) is 4.74 Å². The van der Waals surface area contributed by atoms with Crippen LogP contribution in [0.2, 0.25) is 0 Å². The molecular formula is C11H13NO. The van der Waals surface area contributed by atoms with Crippen molar-refractivity contribution >= 4 is 11.8 Å². The molecule has 0 unspecified atom stereocenters. The van der Waals surface area contributed by atoms with Crippen LogP contribution in [0.3, 0.4) is 0 Å². The lowest BCUT2D eigenvalue weighted by Crippen LogP contribution is -2.29. The van der Waals surface area contributed by atoms with E-state index in [2.05, 4.69) is 11.6 Å². The second-order valence-electron chi connectivity index (χ2n) is 2.50. The highest BCUT2D eigenvalue weighted by atomic mass is 16.5. The van der Waals surface area contributed by atoms with Gasteiger partial charge in [-0.05, 0) is 25.1 Å². The Morgan fingerprint density at radius 1 is 1.62 bits per heavy atom. The molecule has 0 aliphatic carbocycles. The first-order valence-corrected chi connectivity index (χ1v) is 4.11. The number of pyridine rings is 1. The molecule has 2 nitrogen and oxygen atoms in total. The Balaban J connectivity index is 3.61. The quantitative estimate of drug-likeness (QED) is 0.664. The third kappa shape index (κ3) is 1.96. The van der Waals surface area contributed by atoms with Gasteiger partial charge in [0, 0.05) is 11.4 Å². The van der Waals surface area contributed by atoms with Crippen molar-refractivity contribution in [3.63, 3.8) is 0 Å². The molecule has 0 amide bonds. The van der Waals surface area contributed by atoms with Gasteiger partial charge in [0.05, 0.1) is 12.5 Å². The number of hydrogen-bond donors (Lipinski definition) is 0. The van der Waals surface area contributed by atoms with Crippen LogP contribution in [-0.4, -0.2) is 12.1 Å². The summed E-state index contributed by atoms with van der Waals surface area (Å²) < 4.78 is 5.17. The van der Waals surface area contributed by atoms with Gasteiger partial charge in [0.1, 0.15) is 5.76 Å². The number of hydrogen-bond acceptors (Lipinski definition) is 2. The molecule has 0 saturated heterocycles. The Morgan fingerprint density at radius 3 is 2.92 bits per heavy atom. The van der Waals surface area contributed by atoms with Crippen molar-refractivity contribution in [2.45, 2.75) is 6.92 Å². The van der Waals surface area contributed by atoms with Crippen molar-refractivity contribution in [3.05, 3.63) is 41.6 Å². The van der Waals surface area contributed by atoms with Gasteiger partial charge in [-0.1, -0.05) is 12.7 Å². The van der Waals surface area contributed by atoms with Crippen LogP contribution >= 0.6 is 0 Å². The van der Waals surface area contributed by atoms with E-state index in [-0.39, 0.29) is 0 Å². The van der Waals surface area contributed by atoms with Crippen LogP contribution in [0.1, 0.15) is 6.92 Å². The number of nitrogens with zero attached hydrogens (tertiary/aromatic N) is 1. The molecule has 0 bridgehead atoms. The normalized spacial score (nSPS) is 13.8. The fourth-order valence-corrected chi connectivity index (χ4v) is 1.16. The van der Waals surface area contributed by atoms with Gasteiger partial charge < -0.3 is 4.74 Å². The first-order chi connectivity index (χ1) is 6.33. The minimum atomic E-state index is 0.751. The molecule has 68 valence electrons. The highest BCUT2D eigenvalue weighted by Gasteiger charge is 1.92. The second-order valence-corrected chi connectivity index (χ2v) is 2.50. The molecule has 0 fully saturated rings. The van der Waals surface area contributed by atoms with E-state index in [0.29, 0.717) is 0 Å². The van der Waals surface area contributed by atoms with Crippen molar-refractivity contribution < 1.29 is 4.74 Å². The van der Waals surface area contributed by atoms with E-state index in [1.807, 2.05) is 25.1 Å². The molecular weight excluding hydrogens is 162 g/mol. The number of ether oxygens (including phenoxy) is 1. The average molecular weight is 175 g/mol. The van der Waals surface area contributed by atoms with Crippen molar-refractivity contribution in [2.24, 2.45) is 0 Å². The van der Waals surface area contributed by atoms with Crippen LogP contribution < -0.4 is 10.6 Å². The third-order valence-electron chi connectivity index (χ3n) is 1.78. The summed E-state index contributed by atoms with van der Waals surface area (Å²) in [5, 5.41) is 1.89. The molecule has 0 saturated carbocycles. The molecule has 1 rings (SSSR count). The zero-order chi connectivity index (χ0) is 9.68. The molecule has 0 radical (unpaired) electrons. The molecule has 0 aromatic carbocycles. The minimum absolute atomic E-state index is 0.751. The fraction of sp³-hybridized carbons (Fsp3) is 0.182. The molecule has 0 aliphatic heterocycles. The summed E-state index contributed by atoms with van der Waals surface area (Å²) >= 11 is 0. The SMILES string of the molecule is C=C/C(OC)=c1/cccn/c1=C/C. The van der Waals surface area contributed by atoms with Crippen molar-refractivity contribution in [1.29, 1.82) is 0 Å². The molecule has 1 heterocycles. The van der Waals surface area contributed by atoms with Crippen LogP contribution in [0, 0.1) is 0 Å². The number of aromatic nitrogens is 1. The van der Waals surface area contributed by atoms with E-state index in [9.17, 15) is 0 Å². The van der Waals surface area contributed by atoms with Crippen LogP contribution in [-0.2, 0) is 4.74 Å². The Kier molecular flexibility index (Phi) is 3.26. The Labute approximate surface area is 77.9 Å². The largest absolute Gasteiger partial charge is 0.496 e. The summed E-state index contributed by atoms with van der Waals surface area (Å²) in [6, 6.07) is 3.84. The highest BCUT2D eigenvalue weighted by molar-refractivity contribution is 5.48. The molecule has 0 aliphatic rings. The minimum Gasteiger partial charge on any atom is -0.496 e. The Hall–Kier alpha value is -1.57. The van der Waals surface area contributed by atoms with Gasteiger partial charge in [0.2, 0.25) is 0 Å². The smallest absolute Gasteiger partial charge is 0.127 e. The van der Waals surface area contributed by atoms with Gasteiger partial charge in [-0.2, -0.15) is 0 Å². The monoisotopic (exact) mass is 175 g/mol. The molecule has 1 aromatic heterocycles. The van der Waals surface area contributed by atoms with E-state index in [1.165, 1.54) is 0 Å². The predicted octanol–water partition coefficient (Wildman–Crippen LogP) is 0.823. The van der Waals surface area contributed by atoms with E-state index >= 15 is 0 Å². The van der Waals surface area contributed by atoms with E-state index in [0.717, 1.165) is 16.3 Å². The molecule has 13 heavy (non-hydrogen) atoms. The van der Waals surface area contributed by atoms with Crippen LogP contribution in [0.15, 0.2) is 31.0 Å². The first-order valence-electron chi connectivity index (χ1n) is 4.11. The molecule has 0 spiro atoms. The third-order valence-corrected chi connectivity index (χ3v) is 1.78. The predicted molar refractivity (Wildman–Crippen MR) is 54.2 cm³/mol. The maximum atomic E-state index is 5.17. The Bertz CT molecular complexity index is 406. The maximum Gasteiger partial charge on any atom is 0.127 e. The number of methoxy groups -OCH3 is 1. The summed E-state index contributed by atoms with van der Waals surface area (Å²) in [6.45, 7) is 5.63. The first kappa shape index (κ1) is 9.52. The zero-order valence-electron chi connectivity index (χ0n) is 7.95. The van der Waals surface area contributed by atoms with Gasteiger partial charge in [-0.25, -0.2) is 0 Å². The van der Waals surface area contributed by atoms with Crippen molar-refractivity contribution in [1.82, 2.24) is 4.98 Å². The number of rotatable bonds is 2. The van der Waals surface area contributed by atoms with Crippen LogP contribution in [0.4, 0.5) is 0 Å². The lowest BCUT2D eigenvalue weighted by atomic mass is 10.3. The molecule has 1 aromatic rings. The van der Waals surface area contributed by atoms with E-state index in [1.54, 1.807) is 19.4 Å². The zero-order valence-corrected chi connectivity index (χ0v) is 7.95. The highest BCUT2D eigenvalue weighted by Crippen LogP contribution is 1.91. The van der Waals surface area contributed by atoms with Gasteiger partial charge in [0.15, 0.2) is 0 Å². The van der Waals surface area contributed by atoms with Crippen LogP contribution in [0.25, 0.3) is 11.8 Å². The van der Waals surface area contributed by atoms with Crippen molar-refractivity contribution in [3.8, 4) is 0 Å². The standard InChI is InChI=1S/C11H13NO/c1-4-10-9(7-6-8-12-10)11(5-2)13-3/h4-8H,2H2,1,3H3/b10-4+,11-9+. The molecule has 0 N–H and O–H groups in total. The summed E-state index contributed by atoms with van der Waals surface area (Å²) in [5.74, 6) is 0.751.